The number of rotatable bonds is 4. The second kappa shape index (κ2) is 7.00. The number of nitrogens with one attached hydrogen (secondary N) is 1. The van der Waals surface area contributed by atoms with E-state index < -0.39 is 5.60 Å². The van der Waals surface area contributed by atoms with E-state index >= 15 is 0 Å². The van der Waals surface area contributed by atoms with Crippen LogP contribution in [0.1, 0.15) is 73.6 Å². The molecular weight excluding hydrogens is 288 g/mol. The lowest BCUT2D eigenvalue weighted by molar-refractivity contribution is 0.0220. The van der Waals surface area contributed by atoms with E-state index in [4.69, 9.17) is 4.74 Å². The number of likely N-dealkylation sites (tertiary alicyclic amines) is 1. The first-order valence-electron chi connectivity index (χ1n) is 9.30. The Labute approximate surface area is 142 Å². The molecule has 4 heteroatoms. The van der Waals surface area contributed by atoms with Crippen LogP contribution in [0.3, 0.4) is 0 Å². The first-order valence-corrected chi connectivity index (χ1v) is 9.30. The summed E-state index contributed by atoms with van der Waals surface area (Å²) in [6.45, 7) is 14.7. The Bertz CT molecular complexity index is 414. The van der Waals surface area contributed by atoms with Crippen molar-refractivity contribution >= 4 is 6.09 Å². The minimum atomic E-state index is -0.409. The molecule has 1 aliphatic carbocycles. The fraction of sp³-hybridized carbons (Fsp3) is 0.947. The van der Waals surface area contributed by atoms with Crippen LogP contribution in [0.15, 0.2) is 0 Å². The lowest BCUT2D eigenvalue weighted by Crippen LogP contribution is -2.42. The summed E-state index contributed by atoms with van der Waals surface area (Å²) in [6, 6.07) is 0.962. The number of ether oxygens (including phenoxy) is 1. The summed E-state index contributed by atoms with van der Waals surface area (Å²) >= 11 is 0. The lowest BCUT2D eigenvalue weighted by atomic mass is 9.91. The van der Waals surface area contributed by atoms with Gasteiger partial charge in [0.05, 0.1) is 0 Å². The molecular formula is C19H36N2O2. The van der Waals surface area contributed by atoms with E-state index in [2.05, 4.69) is 26.1 Å². The van der Waals surface area contributed by atoms with Gasteiger partial charge in [0.15, 0.2) is 0 Å². The number of carbonyl (C=O) groups is 1. The van der Waals surface area contributed by atoms with Crippen molar-refractivity contribution in [1.29, 1.82) is 0 Å². The smallest absolute Gasteiger partial charge is 0.410 e. The Morgan fingerprint density at radius 3 is 2.57 bits per heavy atom. The number of carbonyl (C=O) groups excluding carboxylic acids is 1. The second-order valence-electron chi connectivity index (χ2n) is 9.37. The molecule has 1 saturated carbocycles. The van der Waals surface area contributed by atoms with E-state index in [9.17, 15) is 4.79 Å². The van der Waals surface area contributed by atoms with Gasteiger partial charge in [0, 0.05) is 18.6 Å². The van der Waals surface area contributed by atoms with Crippen LogP contribution in [-0.2, 0) is 4.74 Å². The maximum absolute atomic E-state index is 12.3. The number of hydrogen-bond donors (Lipinski definition) is 1. The average molecular weight is 325 g/mol. The molecule has 0 aromatic carbocycles. The van der Waals surface area contributed by atoms with Gasteiger partial charge in [0.1, 0.15) is 5.60 Å². The van der Waals surface area contributed by atoms with E-state index in [1.165, 1.54) is 12.8 Å². The zero-order valence-electron chi connectivity index (χ0n) is 15.9. The molecule has 2 rings (SSSR count). The first kappa shape index (κ1) is 18.6. The minimum Gasteiger partial charge on any atom is -0.444 e. The molecule has 3 unspecified atom stereocenters. The van der Waals surface area contributed by atoms with Crippen molar-refractivity contribution in [3.63, 3.8) is 0 Å². The van der Waals surface area contributed by atoms with Gasteiger partial charge in [-0.1, -0.05) is 20.8 Å². The Balaban J connectivity index is 1.77. The molecule has 1 aliphatic heterocycles. The van der Waals surface area contributed by atoms with Crippen molar-refractivity contribution in [1.82, 2.24) is 10.2 Å². The van der Waals surface area contributed by atoms with Gasteiger partial charge in [0.2, 0.25) is 0 Å². The fourth-order valence-electron chi connectivity index (χ4n) is 4.30. The topological polar surface area (TPSA) is 41.6 Å². The summed E-state index contributed by atoms with van der Waals surface area (Å²) in [4.78, 5) is 14.3. The molecule has 134 valence electrons. The molecule has 0 aromatic rings. The van der Waals surface area contributed by atoms with Crippen LogP contribution >= 0.6 is 0 Å². The summed E-state index contributed by atoms with van der Waals surface area (Å²) in [5, 5.41) is 3.74. The van der Waals surface area contributed by atoms with Crippen molar-refractivity contribution in [2.45, 2.75) is 91.3 Å². The maximum Gasteiger partial charge on any atom is 0.410 e. The van der Waals surface area contributed by atoms with Crippen molar-refractivity contribution < 1.29 is 9.53 Å². The highest BCUT2D eigenvalue weighted by atomic mass is 16.6. The molecule has 2 fully saturated rings. The van der Waals surface area contributed by atoms with Crippen molar-refractivity contribution in [2.24, 2.45) is 11.3 Å². The number of amides is 1. The monoisotopic (exact) mass is 324 g/mol. The third-order valence-electron chi connectivity index (χ3n) is 5.22. The normalized spacial score (nSPS) is 30.7. The Kier molecular flexibility index (Phi) is 5.65. The molecule has 1 saturated heterocycles. The minimum absolute atomic E-state index is 0.143. The highest BCUT2D eigenvalue weighted by Crippen LogP contribution is 2.40. The molecule has 0 radical (unpaired) electrons. The SMILES string of the molecule is CC1CC(C)(C)CC1NCCC1CCCN1C(=O)OC(C)(C)C. The molecule has 2 aliphatic rings. The summed E-state index contributed by atoms with van der Waals surface area (Å²) in [5.74, 6) is 0.746. The Morgan fingerprint density at radius 2 is 2.00 bits per heavy atom. The molecule has 0 bridgehead atoms. The number of nitrogens with zero attached hydrogens (tertiary/aromatic N) is 1. The molecule has 1 amide bonds. The third-order valence-corrected chi connectivity index (χ3v) is 5.22. The zero-order valence-corrected chi connectivity index (χ0v) is 15.9. The number of hydrogen-bond acceptors (Lipinski definition) is 3. The van der Waals surface area contributed by atoms with Crippen LogP contribution in [0.4, 0.5) is 4.79 Å². The standard InChI is InChI=1S/C19H36N2O2/c1-14-12-19(5,6)13-16(14)20-10-9-15-8-7-11-21(15)17(22)23-18(2,3)4/h14-16,20H,7-13H2,1-6H3. The van der Waals surface area contributed by atoms with Crippen LogP contribution in [0.5, 0.6) is 0 Å². The van der Waals surface area contributed by atoms with Gasteiger partial charge in [0.25, 0.3) is 0 Å². The Hall–Kier alpha value is -0.770. The van der Waals surface area contributed by atoms with Crippen LogP contribution in [0.2, 0.25) is 0 Å². The predicted octanol–water partition coefficient (Wildman–Crippen LogP) is 4.19. The van der Waals surface area contributed by atoms with Gasteiger partial charge in [-0.2, -0.15) is 0 Å². The lowest BCUT2D eigenvalue weighted by Gasteiger charge is -2.29. The van der Waals surface area contributed by atoms with Crippen LogP contribution in [0.25, 0.3) is 0 Å². The molecule has 23 heavy (non-hydrogen) atoms. The van der Waals surface area contributed by atoms with Crippen LogP contribution in [-0.4, -0.2) is 41.8 Å². The van der Waals surface area contributed by atoms with E-state index in [1.807, 2.05) is 25.7 Å². The van der Waals surface area contributed by atoms with E-state index in [1.54, 1.807) is 0 Å². The van der Waals surface area contributed by atoms with Gasteiger partial charge in [-0.05, 0) is 70.8 Å². The summed E-state index contributed by atoms with van der Waals surface area (Å²) in [5.41, 5.74) is 0.0559. The van der Waals surface area contributed by atoms with Crippen LogP contribution < -0.4 is 5.32 Å². The highest BCUT2D eigenvalue weighted by molar-refractivity contribution is 5.68. The van der Waals surface area contributed by atoms with Gasteiger partial charge in [-0.3, -0.25) is 0 Å². The quantitative estimate of drug-likeness (QED) is 0.843. The largest absolute Gasteiger partial charge is 0.444 e. The van der Waals surface area contributed by atoms with Gasteiger partial charge in [-0.15, -0.1) is 0 Å². The molecule has 1 N–H and O–H groups in total. The predicted molar refractivity (Wildman–Crippen MR) is 94.5 cm³/mol. The summed E-state index contributed by atoms with van der Waals surface area (Å²) in [7, 11) is 0. The van der Waals surface area contributed by atoms with Crippen molar-refractivity contribution in [3.8, 4) is 0 Å². The van der Waals surface area contributed by atoms with E-state index in [0.717, 1.165) is 38.3 Å². The van der Waals surface area contributed by atoms with Gasteiger partial charge in [-0.25, -0.2) is 4.79 Å². The van der Waals surface area contributed by atoms with E-state index in [0.29, 0.717) is 17.5 Å². The van der Waals surface area contributed by atoms with Gasteiger partial charge >= 0.3 is 6.09 Å². The Morgan fingerprint density at radius 1 is 1.30 bits per heavy atom. The highest BCUT2D eigenvalue weighted by Gasteiger charge is 2.37. The molecule has 1 heterocycles. The molecule has 0 spiro atoms. The average Bonchev–Trinajstić information content (AvgIpc) is 2.92. The maximum atomic E-state index is 12.3. The van der Waals surface area contributed by atoms with Crippen molar-refractivity contribution in [3.05, 3.63) is 0 Å². The zero-order chi connectivity index (χ0) is 17.3. The summed E-state index contributed by atoms with van der Waals surface area (Å²) in [6.07, 6.45) is 5.65. The first-order chi connectivity index (χ1) is 10.6. The van der Waals surface area contributed by atoms with Crippen molar-refractivity contribution in [2.75, 3.05) is 13.1 Å². The van der Waals surface area contributed by atoms with Gasteiger partial charge < -0.3 is 15.0 Å². The second-order valence-corrected chi connectivity index (χ2v) is 9.37. The molecule has 4 nitrogen and oxygen atoms in total. The third kappa shape index (κ3) is 5.37. The summed E-state index contributed by atoms with van der Waals surface area (Å²) < 4.78 is 5.54. The molecule has 3 atom stereocenters. The molecule has 0 aromatic heterocycles. The fourth-order valence-corrected chi connectivity index (χ4v) is 4.30. The van der Waals surface area contributed by atoms with Crippen LogP contribution in [0, 0.1) is 11.3 Å². The van der Waals surface area contributed by atoms with E-state index in [-0.39, 0.29) is 6.09 Å².